The zero-order valence-corrected chi connectivity index (χ0v) is 10.7. The molecule has 1 aromatic carbocycles. The van der Waals surface area contributed by atoms with Crippen LogP contribution in [0.4, 0.5) is 0 Å². The predicted molar refractivity (Wildman–Crippen MR) is 65.3 cm³/mol. The zero-order valence-electron chi connectivity index (χ0n) is 8.34. The van der Waals surface area contributed by atoms with Crippen LogP contribution in [0.25, 0.3) is 0 Å². The monoisotopic (exact) mass is 279 g/mol. The Morgan fingerprint density at radius 1 is 1.43 bits per heavy atom. The summed E-state index contributed by atoms with van der Waals surface area (Å²) in [4.78, 5) is 0. The topological polar surface area (TPSA) is 21.3 Å². The van der Waals surface area contributed by atoms with Gasteiger partial charge in [0.25, 0.3) is 0 Å². The molecular weight excluding hydrogens is 265 g/mol. The third-order valence-electron chi connectivity index (χ3n) is 1.69. The van der Waals surface area contributed by atoms with Crippen LogP contribution < -0.4 is 10.1 Å². The van der Waals surface area contributed by atoms with E-state index in [1.54, 1.807) is 0 Å². The summed E-state index contributed by atoms with van der Waals surface area (Å²) >= 11 is 3.43. The molecule has 0 radical (unpaired) electrons. The van der Waals surface area contributed by atoms with Gasteiger partial charge in [0.05, 0.1) is 6.61 Å². The van der Waals surface area contributed by atoms with Gasteiger partial charge in [0.15, 0.2) is 0 Å². The maximum atomic E-state index is 5.48. The van der Waals surface area contributed by atoms with Gasteiger partial charge in [0.1, 0.15) is 5.75 Å². The Labute approximate surface area is 99.6 Å². The minimum absolute atomic E-state index is 0. The first-order valence-electron chi connectivity index (χ1n) is 4.33. The van der Waals surface area contributed by atoms with E-state index in [9.17, 15) is 0 Å². The number of halogens is 2. The smallest absolute Gasteiger partial charge is 0.123 e. The highest BCUT2D eigenvalue weighted by atomic mass is 79.9. The second kappa shape index (κ2) is 7.10. The molecule has 0 spiro atoms. The zero-order chi connectivity index (χ0) is 9.68. The lowest BCUT2D eigenvalue weighted by atomic mass is 10.2. The molecule has 0 atom stereocenters. The van der Waals surface area contributed by atoms with Crippen LogP contribution in [-0.4, -0.2) is 13.7 Å². The summed E-state index contributed by atoms with van der Waals surface area (Å²) < 4.78 is 6.57. The molecule has 0 aliphatic heterocycles. The predicted octanol–water partition coefficient (Wildman–Crippen LogP) is 2.99. The van der Waals surface area contributed by atoms with Crippen molar-refractivity contribution < 1.29 is 4.74 Å². The minimum Gasteiger partial charge on any atom is -0.494 e. The van der Waals surface area contributed by atoms with Gasteiger partial charge in [-0.1, -0.05) is 15.9 Å². The molecule has 2 nitrogen and oxygen atoms in total. The average Bonchev–Trinajstić information content (AvgIpc) is 2.10. The maximum absolute atomic E-state index is 5.48. The fraction of sp³-hybridized carbons (Fsp3) is 0.400. The highest BCUT2D eigenvalue weighted by Gasteiger charge is 2.02. The van der Waals surface area contributed by atoms with Crippen LogP contribution in [0.2, 0.25) is 0 Å². The third-order valence-corrected chi connectivity index (χ3v) is 2.18. The van der Waals surface area contributed by atoms with Gasteiger partial charge in [0.2, 0.25) is 0 Å². The molecular formula is C10H15BrClNO. The molecule has 1 aromatic rings. The van der Waals surface area contributed by atoms with Crippen molar-refractivity contribution in [3.63, 3.8) is 0 Å². The molecule has 14 heavy (non-hydrogen) atoms. The summed E-state index contributed by atoms with van der Waals surface area (Å²) in [5.41, 5.74) is 1.18. The maximum Gasteiger partial charge on any atom is 0.123 e. The van der Waals surface area contributed by atoms with E-state index < -0.39 is 0 Å². The van der Waals surface area contributed by atoms with E-state index in [1.165, 1.54) is 5.56 Å². The number of nitrogens with one attached hydrogen (secondary N) is 1. The lowest BCUT2D eigenvalue weighted by Gasteiger charge is -2.09. The summed E-state index contributed by atoms with van der Waals surface area (Å²) in [6, 6.07) is 6.05. The molecule has 4 heteroatoms. The Bertz CT molecular complexity index is 281. The van der Waals surface area contributed by atoms with Crippen molar-refractivity contribution in [3.05, 3.63) is 28.2 Å². The third kappa shape index (κ3) is 3.86. The van der Waals surface area contributed by atoms with E-state index in [-0.39, 0.29) is 12.4 Å². The molecule has 0 saturated carbocycles. The molecule has 0 unspecified atom stereocenters. The lowest BCUT2D eigenvalue weighted by Crippen LogP contribution is -2.07. The average molecular weight is 281 g/mol. The van der Waals surface area contributed by atoms with Crippen LogP contribution in [0, 0.1) is 0 Å². The molecule has 0 saturated heterocycles. The Morgan fingerprint density at radius 2 is 2.14 bits per heavy atom. The van der Waals surface area contributed by atoms with Crippen LogP contribution >= 0.6 is 28.3 Å². The summed E-state index contributed by atoms with van der Waals surface area (Å²) in [6.07, 6.45) is 0. The van der Waals surface area contributed by atoms with E-state index in [1.807, 2.05) is 26.1 Å². The minimum atomic E-state index is 0. The van der Waals surface area contributed by atoms with Crippen molar-refractivity contribution >= 4 is 28.3 Å². The Hall–Kier alpha value is -0.250. The molecule has 1 N–H and O–H groups in total. The number of benzene rings is 1. The van der Waals surface area contributed by atoms with Gasteiger partial charge in [-0.2, -0.15) is 0 Å². The van der Waals surface area contributed by atoms with Crippen LogP contribution in [0.1, 0.15) is 12.5 Å². The van der Waals surface area contributed by atoms with Crippen molar-refractivity contribution in [2.24, 2.45) is 0 Å². The molecule has 0 aromatic heterocycles. The molecule has 0 aliphatic rings. The fourth-order valence-electron chi connectivity index (χ4n) is 1.17. The summed E-state index contributed by atoms with van der Waals surface area (Å²) in [7, 11) is 1.93. The molecule has 80 valence electrons. The largest absolute Gasteiger partial charge is 0.494 e. The van der Waals surface area contributed by atoms with E-state index >= 15 is 0 Å². The van der Waals surface area contributed by atoms with Crippen molar-refractivity contribution in [3.8, 4) is 5.75 Å². The molecule has 0 amide bonds. The first-order valence-corrected chi connectivity index (χ1v) is 5.13. The van der Waals surface area contributed by atoms with Gasteiger partial charge in [0, 0.05) is 16.6 Å². The van der Waals surface area contributed by atoms with Gasteiger partial charge >= 0.3 is 0 Å². The van der Waals surface area contributed by atoms with E-state index in [0.29, 0.717) is 6.61 Å². The van der Waals surface area contributed by atoms with Crippen LogP contribution in [0.5, 0.6) is 5.75 Å². The second-order valence-corrected chi connectivity index (χ2v) is 3.63. The van der Waals surface area contributed by atoms with Crippen molar-refractivity contribution in [2.75, 3.05) is 13.7 Å². The summed E-state index contributed by atoms with van der Waals surface area (Å²) in [5.74, 6) is 0.958. The number of hydrogen-bond acceptors (Lipinski definition) is 2. The fourth-order valence-corrected chi connectivity index (χ4v) is 1.58. The molecule has 0 fully saturated rings. The van der Waals surface area contributed by atoms with Gasteiger partial charge in [-0.3, -0.25) is 0 Å². The van der Waals surface area contributed by atoms with Gasteiger partial charge in [-0.25, -0.2) is 0 Å². The van der Waals surface area contributed by atoms with E-state index in [4.69, 9.17) is 4.74 Å². The molecule has 1 rings (SSSR count). The van der Waals surface area contributed by atoms with Crippen molar-refractivity contribution in [1.29, 1.82) is 0 Å². The van der Waals surface area contributed by atoms with E-state index in [2.05, 4.69) is 27.3 Å². The number of rotatable bonds is 4. The van der Waals surface area contributed by atoms with Crippen molar-refractivity contribution in [1.82, 2.24) is 5.32 Å². The Morgan fingerprint density at radius 3 is 2.71 bits per heavy atom. The van der Waals surface area contributed by atoms with E-state index in [0.717, 1.165) is 16.8 Å². The first-order chi connectivity index (χ1) is 6.27. The van der Waals surface area contributed by atoms with Crippen molar-refractivity contribution in [2.45, 2.75) is 13.5 Å². The quantitative estimate of drug-likeness (QED) is 0.915. The normalized spacial score (nSPS) is 9.36. The summed E-state index contributed by atoms with van der Waals surface area (Å²) in [5, 5.41) is 3.11. The number of ether oxygens (including phenoxy) is 1. The van der Waals surface area contributed by atoms with Gasteiger partial charge < -0.3 is 10.1 Å². The Balaban J connectivity index is 0.00000169. The van der Waals surface area contributed by atoms with Crippen LogP contribution in [0.15, 0.2) is 22.7 Å². The highest BCUT2D eigenvalue weighted by Crippen LogP contribution is 2.22. The number of hydrogen-bond donors (Lipinski definition) is 1. The van der Waals surface area contributed by atoms with Crippen LogP contribution in [-0.2, 0) is 6.54 Å². The molecule has 0 bridgehead atoms. The Kier molecular flexibility index (Phi) is 6.97. The summed E-state index contributed by atoms with van der Waals surface area (Å²) in [6.45, 7) is 3.53. The highest BCUT2D eigenvalue weighted by molar-refractivity contribution is 9.10. The molecule has 0 heterocycles. The second-order valence-electron chi connectivity index (χ2n) is 2.72. The van der Waals surface area contributed by atoms with Gasteiger partial charge in [-0.05, 0) is 32.2 Å². The lowest BCUT2D eigenvalue weighted by molar-refractivity contribution is 0.336. The SMILES string of the molecule is CCOc1ccc(Br)cc1CNC.Cl. The first kappa shape index (κ1) is 13.8. The van der Waals surface area contributed by atoms with Crippen LogP contribution in [0.3, 0.4) is 0 Å². The molecule has 0 aliphatic carbocycles. The van der Waals surface area contributed by atoms with Gasteiger partial charge in [-0.15, -0.1) is 12.4 Å². The standard InChI is InChI=1S/C10H14BrNO.ClH/c1-3-13-10-5-4-9(11)6-8(10)7-12-2;/h4-6,12H,3,7H2,1-2H3;1H.